The first kappa shape index (κ1) is 14.2. The SMILES string of the molecule is CNCC1CCN(C(=O)COc2cccc(Cl)c2)C1. The van der Waals surface area contributed by atoms with Gasteiger partial charge in [0.05, 0.1) is 0 Å². The average Bonchev–Trinajstić information content (AvgIpc) is 2.85. The Balaban J connectivity index is 1.79. The third-order valence-corrected chi connectivity index (χ3v) is 3.52. The van der Waals surface area contributed by atoms with E-state index in [2.05, 4.69) is 5.32 Å². The van der Waals surface area contributed by atoms with Crippen molar-refractivity contribution in [2.45, 2.75) is 6.42 Å². The number of carbonyl (C=O) groups excluding carboxylic acids is 1. The first-order valence-corrected chi connectivity index (χ1v) is 6.87. The summed E-state index contributed by atoms with van der Waals surface area (Å²) in [6.07, 6.45) is 1.06. The summed E-state index contributed by atoms with van der Waals surface area (Å²) in [4.78, 5) is 13.9. The van der Waals surface area contributed by atoms with Gasteiger partial charge >= 0.3 is 0 Å². The fraction of sp³-hybridized carbons (Fsp3) is 0.500. The van der Waals surface area contributed by atoms with Crippen LogP contribution in [-0.2, 0) is 4.79 Å². The van der Waals surface area contributed by atoms with E-state index in [4.69, 9.17) is 16.3 Å². The normalized spacial score (nSPS) is 18.6. The highest BCUT2D eigenvalue weighted by atomic mass is 35.5. The van der Waals surface area contributed by atoms with E-state index in [-0.39, 0.29) is 12.5 Å². The Bertz CT molecular complexity index is 439. The van der Waals surface area contributed by atoms with Crippen molar-refractivity contribution in [2.75, 3.05) is 33.3 Å². The molecule has 0 radical (unpaired) electrons. The van der Waals surface area contributed by atoms with E-state index in [0.717, 1.165) is 26.1 Å². The van der Waals surface area contributed by atoms with Crippen molar-refractivity contribution in [1.82, 2.24) is 10.2 Å². The average molecular weight is 283 g/mol. The number of hydrogen-bond donors (Lipinski definition) is 1. The quantitative estimate of drug-likeness (QED) is 0.895. The van der Waals surface area contributed by atoms with E-state index >= 15 is 0 Å². The number of benzene rings is 1. The number of nitrogens with zero attached hydrogens (tertiary/aromatic N) is 1. The second-order valence-corrected chi connectivity index (χ2v) is 5.23. The van der Waals surface area contributed by atoms with Crippen LogP contribution < -0.4 is 10.1 Å². The van der Waals surface area contributed by atoms with Gasteiger partial charge in [-0.1, -0.05) is 17.7 Å². The van der Waals surface area contributed by atoms with E-state index in [9.17, 15) is 4.79 Å². The molecular weight excluding hydrogens is 264 g/mol. The van der Waals surface area contributed by atoms with Crippen LogP contribution in [0.4, 0.5) is 0 Å². The second-order valence-electron chi connectivity index (χ2n) is 4.80. The van der Waals surface area contributed by atoms with Crippen LogP contribution in [0.25, 0.3) is 0 Å². The van der Waals surface area contributed by atoms with Gasteiger partial charge in [-0.3, -0.25) is 4.79 Å². The van der Waals surface area contributed by atoms with Crippen LogP contribution in [0.3, 0.4) is 0 Å². The molecule has 1 aliphatic rings. The molecule has 1 aliphatic heterocycles. The van der Waals surface area contributed by atoms with Crippen molar-refractivity contribution in [3.8, 4) is 5.75 Å². The summed E-state index contributed by atoms with van der Waals surface area (Å²) in [5, 5.41) is 3.76. The Morgan fingerprint density at radius 3 is 3.16 bits per heavy atom. The lowest BCUT2D eigenvalue weighted by Gasteiger charge is -2.17. The van der Waals surface area contributed by atoms with Crippen LogP contribution >= 0.6 is 11.6 Å². The summed E-state index contributed by atoms with van der Waals surface area (Å²) in [7, 11) is 1.94. The molecular formula is C14H19ClN2O2. The number of hydrogen-bond acceptors (Lipinski definition) is 3. The summed E-state index contributed by atoms with van der Waals surface area (Å²) in [6.45, 7) is 2.67. The van der Waals surface area contributed by atoms with E-state index < -0.39 is 0 Å². The van der Waals surface area contributed by atoms with Crippen molar-refractivity contribution in [1.29, 1.82) is 0 Å². The predicted octanol–water partition coefficient (Wildman–Crippen LogP) is 1.79. The van der Waals surface area contributed by atoms with Crippen LogP contribution in [0.15, 0.2) is 24.3 Å². The number of rotatable bonds is 5. The van der Waals surface area contributed by atoms with E-state index in [1.165, 1.54) is 0 Å². The summed E-state index contributed by atoms with van der Waals surface area (Å²) in [5.41, 5.74) is 0. The van der Waals surface area contributed by atoms with E-state index in [0.29, 0.717) is 16.7 Å². The number of halogens is 1. The second kappa shape index (κ2) is 6.78. The Morgan fingerprint density at radius 1 is 1.58 bits per heavy atom. The van der Waals surface area contributed by atoms with Gasteiger partial charge in [-0.2, -0.15) is 0 Å². The molecule has 1 saturated heterocycles. The molecule has 0 bridgehead atoms. The van der Waals surface area contributed by atoms with Gasteiger partial charge in [0.2, 0.25) is 0 Å². The molecule has 5 heteroatoms. The summed E-state index contributed by atoms with van der Waals surface area (Å²) in [5.74, 6) is 1.23. The van der Waals surface area contributed by atoms with Gasteiger partial charge in [0.25, 0.3) is 5.91 Å². The molecule has 1 atom stereocenters. The molecule has 1 aromatic carbocycles. The molecule has 1 N–H and O–H groups in total. The lowest BCUT2D eigenvalue weighted by atomic mass is 10.1. The van der Waals surface area contributed by atoms with Gasteiger partial charge < -0.3 is 15.0 Å². The van der Waals surface area contributed by atoms with Gasteiger partial charge in [0.15, 0.2) is 6.61 Å². The van der Waals surface area contributed by atoms with Gasteiger partial charge in [-0.15, -0.1) is 0 Å². The minimum absolute atomic E-state index is 0.0404. The molecule has 1 heterocycles. The fourth-order valence-corrected chi connectivity index (χ4v) is 2.49. The Labute approximate surface area is 118 Å². The zero-order valence-corrected chi connectivity index (χ0v) is 11.8. The zero-order valence-electron chi connectivity index (χ0n) is 11.1. The molecule has 1 amide bonds. The highest BCUT2D eigenvalue weighted by molar-refractivity contribution is 6.30. The lowest BCUT2D eigenvalue weighted by molar-refractivity contribution is -0.132. The van der Waals surface area contributed by atoms with Gasteiger partial charge in [-0.25, -0.2) is 0 Å². The topological polar surface area (TPSA) is 41.6 Å². The first-order chi connectivity index (χ1) is 9.19. The molecule has 1 fully saturated rings. The number of carbonyl (C=O) groups is 1. The first-order valence-electron chi connectivity index (χ1n) is 6.50. The number of likely N-dealkylation sites (tertiary alicyclic amines) is 1. The van der Waals surface area contributed by atoms with Crippen LogP contribution in [0.2, 0.25) is 5.02 Å². The summed E-state index contributed by atoms with van der Waals surface area (Å²) >= 11 is 5.86. The molecule has 19 heavy (non-hydrogen) atoms. The molecule has 0 spiro atoms. The molecule has 1 unspecified atom stereocenters. The third-order valence-electron chi connectivity index (χ3n) is 3.29. The number of ether oxygens (including phenoxy) is 1. The van der Waals surface area contributed by atoms with Crippen molar-refractivity contribution in [3.63, 3.8) is 0 Å². The monoisotopic (exact) mass is 282 g/mol. The minimum atomic E-state index is 0.0404. The van der Waals surface area contributed by atoms with E-state index in [1.54, 1.807) is 24.3 Å². The molecule has 2 rings (SSSR count). The van der Waals surface area contributed by atoms with Crippen LogP contribution in [0.1, 0.15) is 6.42 Å². The van der Waals surface area contributed by atoms with Crippen molar-refractivity contribution >= 4 is 17.5 Å². The predicted molar refractivity (Wildman–Crippen MR) is 75.6 cm³/mol. The number of amides is 1. The highest BCUT2D eigenvalue weighted by Crippen LogP contribution is 2.18. The highest BCUT2D eigenvalue weighted by Gasteiger charge is 2.25. The molecule has 0 aliphatic carbocycles. The van der Waals surface area contributed by atoms with Gasteiger partial charge in [-0.05, 0) is 44.1 Å². The van der Waals surface area contributed by atoms with Crippen molar-refractivity contribution in [3.05, 3.63) is 29.3 Å². The van der Waals surface area contributed by atoms with Gasteiger partial charge in [0.1, 0.15) is 5.75 Å². The molecule has 4 nitrogen and oxygen atoms in total. The lowest BCUT2D eigenvalue weighted by Crippen LogP contribution is -2.34. The standard InChI is InChI=1S/C14H19ClN2O2/c1-16-8-11-5-6-17(9-11)14(18)10-19-13-4-2-3-12(15)7-13/h2-4,7,11,16H,5-6,8-10H2,1H3. The molecule has 0 saturated carbocycles. The molecule has 104 valence electrons. The summed E-state index contributed by atoms with van der Waals surface area (Å²) in [6, 6.07) is 7.09. The molecule has 1 aromatic rings. The minimum Gasteiger partial charge on any atom is -0.484 e. The van der Waals surface area contributed by atoms with Crippen LogP contribution in [-0.4, -0.2) is 44.1 Å². The zero-order chi connectivity index (χ0) is 13.7. The van der Waals surface area contributed by atoms with E-state index in [1.807, 2.05) is 11.9 Å². The Kier molecular flexibility index (Phi) is 5.05. The van der Waals surface area contributed by atoms with Crippen LogP contribution in [0.5, 0.6) is 5.75 Å². The Morgan fingerprint density at radius 2 is 2.42 bits per heavy atom. The summed E-state index contributed by atoms with van der Waals surface area (Å²) < 4.78 is 5.46. The van der Waals surface area contributed by atoms with Crippen molar-refractivity contribution in [2.24, 2.45) is 5.92 Å². The maximum atomic E-state index is 12.0. The number of nitrogens with one attached hydrogen (secondary N) is 1. The maximum Gasteiger partial charge on any atom is 0.260 e. The largest absolute Gasteiger partial charge is 0.484 e. The fourth-order valence-electron chi connectivity index (χ4n) is 2.31. The third kappa shape index (κ3) is 4.11. The molecule has 0 aromatic heterocycles. The van der Waals surface area contributed by atoms with Crippen LogP contribution in [0, 0.1) is 5.92 Å². The van der Waals surface area contributed by atoms with Crippen molar-refractivity contribution < 1.29 is 9.53 Å². The smallest absolute Gasteiger partial charge is 0.260 e. The Hall–Kier alpha value is -1.26. The maximum absolute atomic E-state index is 12.0. The van der Waals surface area contributed by atoms with Gasteiger partial charge in [0, 0.05) is 18.1 Å².